The Hall–Kier alpha value is -3.64. The first-order valence-electron chi connectivity index (χ1n) is 16.7. The molecule has 2 fully saturated rings. The number of aliphatic hydroxyl groups is 1. The number of aromatic nitrogens is 3. The molecular formula is C35H46F2N6O4. The molecule has 0 bridgehead atoms. The summed E-state index contributed by atoms with van der Waals surface area (Å²) in [6, 6.07) is 7.28. The third-order valence-corrected chi connectivity index (χ3v) is 9.59. The van der Waals surface area contributed by atoms with E-state index in [0.29, 0.717) is 54.3 Å². The summed E-state index contributed by atoms with van der Waals surface area (Å²) in [6.45, 7) is 11.9. The second-order valence-electron chi connectivity index (χ2n) is 14.8. The van der Waals surface area contributed by atoms with E-state index in [9.17, 15) is 23.5 Å². The number of carbonyl (C=O) groups is 2. The predicted molar refractivity (Wildman–Crippen MR) is 175 cm³/mol. The van der Waals surface area contributed by atoms with Crippen molar-refractivity contribution >= 4 is 28.6 Å². The number of rotatable bonds is 5. The van der Waals surface area contributed by atoms with Crippen molar-refractivity contribution in [2.24, 2.45) is 0 Å². The van der Waals surface area contributed by atoms with Crippen molar-refractivity contribution in [1.82, 2.24) is 24.6 Å². The van der Waals surface area contributed by atoms with Crippen LogP contribution in [-0.2, 0) is 22.7 Å². The molecule has 1 saturated heterocycles. The highest BCUT2D eigenvalue weighted by Crippen LogP contribution is 2.39. The van der Waals surface area contributed by atoms with Crippen LogP contribution in [0.1, 0.15) is 106 Å². The monoisotopic (exact) mass is 652 g/mol. The van der Waals surface area contributed by atoms with Gasteiger partial charge in [-0.1, -0.05) is 6.07 Å². The first-order valence-corrected chi connectivity index (χ1v) is 16.7. The highest BCUT2D eigenvalue weighted by Gasteiger charge is 2.39. The Morgan fingerprint density at radius 2 is 1.68 bits per heavy atom. The maximum atomic E-state index is 14.6. The van der Waals surface area contributed by atoms with E-state index in [2.05, 4.69) is 15.2 Å². The molecule has 12 heteroatoms. The van der Waals surface area contributed by atoms with Gasteiger partial charge in [0.05, 0.1) is 17.2 Å². The van der Waals surface area contributed by atoms with Gasteiger partial charge in [-0.25, -0.2) is 9.78 Å². The summed E-state index contributed by atoms with van der Waals surface area (Å²) >= 11 is 0. The van der Waals surface area contributed by atoms with Gasteiger partial charge in [0.1, 0.15) is 17.0 Å². The summed E-state index contributed by atoms with van der Waals surface area (Å²) in [5.41, 5.74) is -0.194. The summed E-state index contributed by atoms with van der Waals surface area (Å²) in [5, 5.41) is 19.5. The van der Waals surface area contributed by atoms with Gasteiger partial charge < -0.3 is 20.1 Å². The van der Waals surface area contributed by atoms with E-state index in [-0.39, 0.29) is 29.9 Å². The smallest absolute Gasteiger partial charge is 0.410 e. The zero-order chi connectivity index (χ0) is 33.7. The second-order valence-corrected chi connectivity index (χ2v) is 14.8. The normalized spacial score (nSPS) is 22.2. The van der Waals surface area contributed by atoms with Crippen molar-refractivity contribution in [3.05, 3.63) is 53.0 Å². The van der Waals surface area contributed by atoms with Gasteiger partial charge in [0, 0.05) is 61.5 Å². The molecule has 3 heterocycles. The van der Waals surface area contributed by atoms with E-state index in [0.717, 1.165) is 44.2 Å². The molecule has 10 nitrogen and oxygen atoms in total. The molecule has 0 spiro atoms. The van der Waals surface area contributed by atoms with E-state index in [1.165, 1.54) is 6.07 Å². The van der Waals surface area contributed by atoms with Crippen molar-refractivity contribution in [2.45, 2.75) is 109 Å². The van der Waals surface area contributed by atoms with E-state index >= 15 is 0 Å². The Balaban J connectivity index is 1.13. The van der Waals surface area contributed by atoms with Crippen molar-refractivity contribution in [2.75, 3.05) is 31.5 Å². The van der Waals surface area contributed by atoms with Crippen LogP contribution in [0.15, 0.2) is 30.5 Å². The highest BCUT2D eigenvalue weighted by atomic mass is 19.3. The average molecular weight is 653 g/mol. The van der Waals surface area contributed by atoms with Crippen molar-refractivity contribution in [3.8, 4) is 0 Å². The summed E-state index contributed by atoms with van der Waals surface area (Å²) < 4.78 is 36.7. The molecule has 3 aromatic rings. The zero-order valence-electron chi connectivity index (χ0n) is 28.0. The third-order valence-electron chi connectivity index (χ3n) is 9.59. The minimum Gasteiger partial charge on any atom is -0.444 e. The number of alkyl halides is 2. The number of piperazine rings is 1. The van der Waals surface area contributed by atoms with Gasteiger partial charge in [-0.05, 0) is 96.9 Å². The van der Waals surface area contributed by atoms with E-state index in [4.69, 9.17) is 9.84 Å². The van der Waals surface area contributed by atoms with Crippen LogP contribution in [0.2, 0.25) is 0 Å². The number of halogens is 2. The summed E-state index contributed by atoms with van der Waals surface area (Å²) in [7, 11) is 0. The van der Waals surface area contributed by atoms with Gasteiger partial charge in [0.15, 0.2) is 0 Å². The maximum Gasteiger partial charge on any atom is 0.410 e. The zero-order valence-corrected chi connectivity index (χ0v) is 28.0. The minimum absolute atomic E-state index is 0.0918. The maximum absolute atomic E-state index is 14.6. The number of nitrogens with zero attached hydrogens (tertiary/aromatic N) is 5. The fourth-order valence-electron chi connectivity index (χ4n) is 7.11. The van der Waals surface area contributed by atoms with Crippen LogP contribution < -0.4 is 5.32 Å². The number of aryl methyl sites for hydroxylation is 1. The Morgan fingerprint density at radius 3 is 2.34 bits per heavy atom. The van der Waals surface area contributed by atoms with E-state index < -0.39 is 23.0 Å². The van der Waals surface area contributed by atoms with Crippen LogP contribution in [0.25, 0.3) is 10.9 Å². The number of fused-ring (bicyclic) bond motifs is 2. The van der Waals surface area contributed by atoms with Gasteiger partial charge in [0.2, 0.25) is 0 Å². The topological polar surface area (TPSA) is 113 Å². The number of hydrogen-bond donors (Lipinski definition) is 2. The lowest BCUT2D eigenvalue weighted by molar-refractivity contribution is -0.0263. The van der Waals surface area contributed by atoms with E-state index in [1.54, 1.807) is 36.9 Å². The molecule has 0 atom stereocenters. The first-order chi connectivity index (χ1) is 22.1. The first kappa shape index (κ1) is 33.3. The lowest BCUT2D eigenvalue weighted by Crippen LogP contribution is -2.53. The molecule has 254 valence electrons. The van der Waals surface area contributed by atoms with Crippen LogP contribution in [-0.4, -0.2) is 79.5 Å². The lowest BCUT2D eigenvalue weighted by Gasteiger charge is -2.42. The Morgan fingerprint density at radius 1 is 1.00 bits per heavy atom. The molecule has 1 aromatic carbocycles. The van der Waals surface area contributed by atoms with Crippen LogP contribution in [0.3, 0.4) is 0 Å². The number of benzene rings is 1. The van der Waals surface area contributed by atoms with Gasteiger partial charge >= 0.3 is 6.09 Å². The van der Waals surface area contributed by atoms with Gasteiger partial charge in [-0.2, -0.15) is 13.9 Å². The van der Waals surface area contributed by atoms with Crippen LogP contribution in [0.4, 0.5) is 19.3 Å². The van der Waals surface area contributed by atoms with Crippen LogP contribution in [0, 0.1) is 0 Å². The SMILES string of the molecule is CC(C)(C)OC(=O)N1CCN([C@H]2CC[C@H](n3cc4cc(NC(=O)c5ccc6c(n5)C(F)(F)CCC6)c(C(C)(C)O)cc4n3)CC2)CC1. The van der Waals surface area contributed by atoms with Crippen molar-refractivity contribution < 1.29 is 28.2 Å². The second kappa shape index (κ2) is 12.4. The summed E-state index contributed by atoms with van der Waals surface area (Å²) in [6.07, 6.45) is 6.30. The lowest BCUT2D eigenvalue weighted by atomic mass is 9.90. The van der Waals surface area contributed by atoms with Crippen LogP contribution >= 0.6 is 0 Å². The fraction of sp³-hybridized carbons (Fsp3) is 0.600. The Bertz CT molecular complexity index is 1640. The predicted octanol–water partition coefficient (Wildman–Crippen LogP) is 6.38. The highest BCUT2D eigenvalue weighted by molar-refractivity contribution is 6.04. The number of amides is 2. The molecule has 2 aliphatic carbocycles. The standard InChI is InChI=1S/C35H46F2N6O4/c1-33(2,3)47-32(45)42-17-15-41(16-18-42)24-9-11-25(12-10-24)43-21-23-19-29(26(34(4,5)46)20-28(23)40-43)39-31(44)27-13-8-22-7-6-14-35(36,37)30(22)38-27/h8,13,19-21,24-25,46H,6-7,9-12,14-18H2,1-5H3,(H,39,44)/t24-,25-. The molecule has 1 aliphatic heterocycles. The van der Waals surface area contributed by atoms with Gasteiger partial charge in [-0.3, -0.25) is 14.4 Å². The number of ether oxygens (including phenoxy) is 1. The minimum atomic E-state index is -3.06. The Labute approximate surface area is 274 Å². The average Bonchev–Trinajstić information content (AvgIpc) is 3.42. The summed E-state index contributed by atoms with van der Waals surface area (Å²) in [5.74, 6) is -3.68. The molecule has 2 aromatic heterocycles. The largest absolute Gasteiger partial charge is 0.444 e. The molecule has 47 heavy (non-hydrogen) atoms. The number of anilines is 1. The van der Waals surface area contributed by atoms with Crippen molar-refractivity contribution in [3.63, 3.8) is 0 Å². The fourth-order valence-corrected chi connectivity index (χ4v) is 7.11. The van der Waals surface area contributed by atoms with Gasteiger partial charge in [-0.15, -0.1) is 0 Å². The molecule has 0 radical (unpaired) electrons. The molecule has 2 amide bonds. The molecular weight excluding hydrogens is 606 g/mol. The number of hydrogen-bond acceptors (Lipinski definition) is 7. The molecule has 2 N–H and O–H groups in total. The number of nitrogens with one attached hydrogen (secondary N) is 1. The molecule has 6 rings (SSSR count). The van der Waals surface area contributed by atoms with Crippen molar-refractivity contribution in [1.29, 1.82) is 0 Å². The molecule has 1 saturated carbocycles. The quantitative estimate of drug-likeness (QED) is 0.329. The Kier molecular flexibility index (Phi) is 8.80. The number of carbonyl (C=O) groups excluding carboxylic acids is 2. The number of pyridine rings is 1. The summed E-state index contributed by atoms with van der Waals surface area (Å²) in [4.78, 5) is 34.1. The molecule has 0 unspecified atom stereocenters. The third kappa shape index (κ3) is 7.28. The van der Waals surface area contributed by atoms with Gasteiger partial charge in [0.25, 0.3) is 11.8 Å². The van der Waals surface area contributed by atoms with Crippen LogP contribution in [0.5, 0.6) is 0 Å². The molecule has 3 aliphatic rings. The van der Waals surface area contributed by atoms with E-state index in [1.807, 2.05) is 31.6 Å².